The second-order valence-electron chi connectivity index (χ2n) is 14.2. The Labute approximate surface area is 255 Å². The van der Waals surface area contributed by atoms with Crippen LogP contribution in [0, 0.1) is 11.3 Å². The fourth-order valence-electron chi connectivity index (χ4n) is 8.87. The summed E-state index contributed by atoms with van der Waals surface area (Å²) in [4.78, 5) is 22.4. The van der Waals surface area contributed by atoms with Crippen molar-refractivity contribution in [2.24, 2.45) is 11.3 Å². The summed E-state index contributed by atoms with van der Waals surface area (Å²) >= 11 is 0. The molecule has 0 aromatic heterocycles. The summed E-state index contributed by atoms with van der Waals surface area (Å²) in [5, 5.41) is 6.31. The van der Waals surface area contributed by atoms with E-state index in [9.17, 15) is 4.79 Å². The fourth-order valence-corrected chi connectivity index (χ4v) is 8.87. The molecule has 2 N–H and O–H groups in total. The quantitative estimate of drug-likeness (QED) is 0.424. The predicted molar refractivity (Wildman–Crippen MR) is 175 cm³/mol. The number of nitrogens with zero attached hydrogens (tertiary/aromatic N) is 4. The Balaban J connectivity index is 0.972. The van der Waals surface area contributed by atoms with Crippen molar-refractivity contribution in [3.63, 3.8) is 0 Å². The zero-order chi connectivity index (χ0) is 29.1. The molecule has 0 radical (unpaired) electrons. The molecule has 1 spiro atoms. The van der Waals surface area contributed by atoms with E-state index in [2.05, 4.69) is 62.1 Å². The van der Waals surface area contributed by atoms with Crippen LogP contribution < -0.4 is 20.4 Å². The monoisotopic (exact) mass is 576 g/mol. The Bertz CT molecular complexity index is 1060. The number of hydrogen-bond acceptors (Lipinski definition) is 6. The third-order valence-electron chi connectivity index (χ3n) is 11.8. The number of hydrogen-bond donors (Lipinski definition) is 2. The van der Waals surface area contributed by atoms with Crippen molar-refractivity contribution < 1.29 is 4.79 Å². The molecule has 0 bridgehead atoms. The van der Waals surface area contributed by atoms with Gasteiger partial charge in [-0.3, -0.25) is 4.79 Å². The number of piperidine rings is 3. The molecule has 1 unspecified atom stereocenters. The highest BCUT2D eigenvalue weighted by atomic mass is 16.1. The number of likely N-dealkylation sites (tertiary alicyclic amines) is 2. The molecule has 1 aliphatic carbocycles. The van der Waals surface area contributed by atoms with Gasteiger partial charge in [0.1, 0.15) is 0 Å². The van der Waals surface area contributed by atoms with Crippen LogP contribution >= 0.6 is 0 Å². The van der Waals surface area contributed by atoms with E-state index in [0.717, 1.165) is 31.5 Å². The molecule has 6 rings (SSSR count). The molecule has 1 saturated carbocycles. The number of rotatable bonds is 9. The molecule has 1 atom stereocenters. The number of carbonyl (C=O) groups excluding carboxylic acids is 1. The molecule has 4 aliphatic heterocycles. The second kappa shape index (κ2) is 13.3. The van der Waals surface area contributed by atoms with Crippen molar-refractivity contribution in [2.45, 2.75) is 82.2 Å². The number of likely N-dealkylation sites (N-methyl/N-ethyl adjacent to an activating group) is 1. The molecular weight excluding hydrogens is 520 g/mol. The van der Waals surface area contributed by atoms with Crippen LogP contribution in [0.4, 0.5) is 11.4 Å². The Morgan fingerprint density at radius 2 is 1.79 bits per heavy atom. The minimum Gasteiger partial charge on any atom is -0.371 e. The summed E-state index contributed by atoms with van der Waals surface area (Å²) < 4.78 is 0. The van der Waals surface area contributed by atoms with Gasteiger partial charge in [-0.15, -0.1) is 6.58 Å². The SMILES string of the molecule is C=CC(CCC(=O)NC)N1CCN(C)c2cc(C3CCN(CC4CCN(C5CC6(CCNCC6)C5)CC4)CC3)ccc21. The first-order valence-corrected chi connectivity index (χ1v) is 17.1. The first-order valence-electron chi connectivity index (χ1n) is 17.1. The van der Waals surface area contributed by atoms with Gasteiger partial charge in [0.2, 0.25) is 5.91 Å². The summed E-state index contributed by atoms with van der Waals surface area (Å²) in [5.41, 5.74) is 4.82. The number of anilines is 2. The average Bonchev–Trinajstić information content (AvgIpc) is 3.02. The van der Waals surface area contributed by atoms with Crippen molar-refractivity contribution in [3.8, 4) is 0 Å². The van der Waals surface area contributed by atoms with Gasteiger partial charge >= 0.3 is 0 Å². The van der Waals surface area contributed by atoms with E-state index in [1.54, 1.807) is 7.05 Å². The zero-order valence-corrected chi connectivity index (χ0v) is 26.5. The predicted octanol–water partition coefficient (Wildman–Crippen LogP) is 4.45. The Kier molecular flexibility index (Phi) is 9.47. The summed E-state index contributed by atoms with van der Waals surface area (Å²) in [6, 6.07) is 8.24. The molecule has 1 amide bonds. The van der Waals surface area contributed by atoms with Gasteiger partial charge < -0.3 is 30.2 Å². The molecule has 3 saturated heterocycles. The summed E-state index contributed by atoms with van der Waals surface area (Å²) in [7, 11) is 3.93. The summed E-state index contributed by atoms with van der Waals surface area (Å²) in [5.74, 6) is 1.64. The summed E-state index contributed by atoms with van der Waals surface area (Å²) in [6.07, 6.45) is 14.4. The molecule has 1 aromatic rings. The van der Waals surface area contributed by atoms with E-state index < -0.39 is 0 Å². The van der Waals surface area contributed by atoms with Crippen molar-refractivity contribution in [2.75, 3.05) is 82.8 Å². The van der Waals surface area contributed by atoms with Crippen LogP contribution in [-0.2, 0) is 4.79 Å². The number of benzene rings is 1. The molecule has 42 heavy (non-hydrogen) atoms. The Hall–Kier alpha value is -2.09. The van der Waals surface area contributed by atoms with Gasteiger partial charge in [-0.25, -0.2) is 0 Å². The minimum absolute atomic E-state index is 0.0995. The Morgan fingerprint density at radius 3 is 2.48 bits per heavy atom. The lowest BCUT2D eigenvalue weighted by molar-refractivity contribution is -0.120. The third-order valence-corrected chi connectivity index (χ3v) is 11.8. The van der Waals surface area contributed by atoms with Gasteiger partial charge in [0.25, 0.3) is 0 Å². The molecular formula is C35H56N6O. The van der Waals surface area contributed by atoms with Crippen LogP contribution in [0.3, 0.4) is 0 Å². The number of fused-ring (bicyclic) bond motifs is 1. The van der Waals surface area contributed by atoms with Gasteiger partial charge in [-0.1, -0.05) is 12.1 Å². The highest BCUT2D eigenvalue weighted by molar-refractivity contribution is 5.77. The van der Waals surface area contributed by atoms with E-state index in [1.165, 1.54) is 114 Å². The highest BCUT2D eigenvalue weighted by Gasteiger charge is 2.47. The molecule has 4 heterocycles. The standard InChI is InChI=1S/C35H56N6O/c1-4-30(6-8-34(42)36-2)41-22-21-38(3)33-23-29(5-7-32(33)41)28-11-17-39(18-12-28)26-27-9-19-40(20-10-27)31-24-35(25-31)13-15-37-16-14-35/h4-5,7,23,27-28,30-31,37H,1,6,8-22,24-26H2,2-3H3,(H,36,42). The maximum atomic E-state index is 11.9. The minimum atomic E-state index is 0.0995. The second-order valence-corrected chi connectivity index (χ2v) is 14.2. The maximum Gasteiger partial charge on any atom is 0.219 e. The van der Waals surface area contributed by atoms with Crippen molar-refractivity contribution in [3.05, 3.63) is 36.4 Å². The number of nitrogens with one attached hydrogen (secondary N) is 2. The number of carbonyl (C=O) groups is 1. The fraction of sp³-hybridized carbons (Fsp3) is 0.743. The van der Waals surface area contributed by atoms with Gasteiger partial charge in [0, 0.05) is 52.2 Å². The van der Waals surface area contributed by atoms with Crippen molar-refractivity contribution >= 4 is 17.3 Å². The van der Waals surface area contributed by atoms with E-state index in [1.807, 2.05) is 6.08 Å². The van der Waals surface area contributed by atoms with Crippen LogP contribution in [0.25, 0.3) is 0 Å². The first-order chi connectivity index (χ1) is 20.5. The largest absolute Gasteiger partial charge is 0.371 e. The van der Waals surface area contributed by atoms with E-state index in [4.69, 9.17) is 0 Å². The summed E-state index contributed by atoms with van der Waals surface area (Å²) in [6.45, 7) is 15.0. The third kappa shape index (κ3) is 6.53. The van der Waals surface area contributed by atoms with Gasteiger partial charge in [-0.05, 0) is 132 Å². The lowest BCUT2D eigenvalue weighted by Gasteiger charge is -2.55. The van der Waals surface area contributed by atoms with Crippen LogP contribution in [0.15, 0.2) is 30.9 Å². The van der Waals surface area contributed by atoms with E-state index >= 15 is 0 Å². The average molecular weight is 577 g/mol. The van der Waals surface area contributed by atoms with E-state index in [0.29, 0.717) is 17.8 Å². The molecule has 232 valence electrons. The van der Waals surface area contributed by atoms with Crippen LogP contribution in [-0.4, -0.2) is 101 Å². The van der Waals surface area contributed by atoms with Gasteiger partial charge in [0.15, 0.2) is 0 Å². The molecule has 4 fully saturated rings. The topological polar surface area (TPSA) is 54.1 Å². The highest BCUT2D eigenvalue weighted by Crippen LogP contribution is 2.50. The molecule has 5 aliphatic rings. The smallest absolute Gasteiger partial charge is 0.219 e. The molecule has 1 aromatic carbocycles. The zero-order valence-electron chi connectivity index (χ0n) is 26.5. The van der Waals surface area contributed by atoms with Crippen molar-refractivity contribution in [1.29, 1.82) is 0 Å². The molecule has 7 nitrogen and oxygen atoms in total. The lowest BCUT2D eigenvalue weighted by Crippen LogP contribution is -2.56. The lowest BCUT2D eigenvalue weighted by atomic mass is 9.60. The Morgan fingerprint density at radius 1 is 1.05 bits per heavy atom. The van der Waals surface area contributed by atoms with Crippen LogP contribution in [0.2, 0.25) is 0 Å². The van der Waals surface area contributed by atoms with Crippen LogP contribution in [0.5, 0.6) is 0 Å². The maximum absolute atomic E-state index is 11.9. The van der Waals surface area contributed by atoms with Crippen LogP contribution in [0.1, 0.15) is 75.7 Å². The number of amides is 1. The molecule has 7 heteroatoms. The normalized spacial score (nSPS) is 25.2. The van der Waals surface area contributed by atoms with Gasteiger partial charge in [0.05, 0.1) is 11.4 Å². The first kappa shape index (κ1) is 30.0. The van der Waals surface area contributed by atoms with Gasteiger partial charge in [-0.2, -0.15) is 0 Å². The van der Waals surface area contributed by atoms with Crippen molar-refractivity contribution in [1.82, 2.24) is 20.4 Å². The van der Waals surface area contributed by atoms with E-state index in [-0.39, 0.29) is 11.9 Å².